The summed E-state index contributed by atoms with van der Waals surface area (Å²) < 4.78 is 50.7. The first-order valence-electron chi connectivity index (χ1n) is 8.47. The Kier molecular flexibility index (Phi) is 5.55. The molecule has 0 spiro atoms. The maximum absolute atomic E-state index is 13.1. The molecule has 27 heavy (non-hydrogen) atoms. The number of halogens is 3. The van der Waals surface area contributed by atoms with Crippen molar-refractivity contribution in [2.75, 3.05) is 29.6 Å². The molecule has 1 aliphatic heterocycles. The van der Waals surface area contributed by atoms with Crippen LogP contribution in [0.15, 0.2) is 47.4 Å². The number of benzene rings is 2. The number of hydrogen-bond donors (Lipinski definition) is 1. The van der Waals surface area contributed by atoms with Crippen LogP contribution in [0.3, 0.4) is 0 Å². The van der Waals surface area contributed by atoms with Crippen LogP contribution >= 0.6 is 0 Å². The quantitative estimate of drug-likeness (QED) is 0.839. The predicted molar refractivity (Wildman–Crippen MR) is 99.6 cm³/mol. The fourth-order valence-electron chi connectivity index (χ4n) is 3.04. The van der Waals surface area contributed by atoms with Crippen LogP contribution in [0.5, 0.6) is 0 Å². The average Bonchev–Trinajstić information content (AvgIpc) is 3.15. The summed E-state index contributed by atoms with van der Waals surface area (Å²) in [4.78, 5) is 15.1. The van der Waals surface area contributed by atoms with Crippen molar-refractivity contribution < 1.29 is 22.2 Å². The zero-order valence-electron chi connectivity index (χ0n) is 14.7. The summed E-state index contributed by atoms with van der Waals surface area (Å²) >= 11 is 0. The van der Waals surface area contributed by atoms with Gasteiger partial charge in [-0.3, -0.25) is 9.00 Å². The summed E-state index contributed by atoms with van der Waals surface area (Å²) in [5.41, 5.74) is 0.200. The van der Waals surface area contributed by atoms with Crippen molar-refractivity contribution in [1.29, 1.82) is 0 Å². The molecule has 0 bridgehead atoms. The average molecular weight is 396 g/mol. The largest absolute Gasteiger partial charge is 0.416 e. The monoisotopic (exact) mass is 396 g/mol. The minimum absolute atomic E-state index is 0.139. The third kappa shape index (κ3) is 4.50. The van der Waals surface area contributed by atoms with Crippen LogP contribution < -0.4 is 10.2 Å². The number of rotatable bonds is 4. The van der Waals surface area contributed by atoms with Gasteiger partial charge in [0, 0.05) is 40.6 Å². The van der Waals surface area contributed by atoms with Crippen LogP contribution in [0.1, 0.15) is 28.8 Å². The highest BCUT2D eigenvalue weighted by Gasteiger charge is 2.32. The topological polar surface area (TPSA) is 49.4 Å². The van der Waals surface area contributed by atoms with Gasteiger partial charge in [0.15, 0.2) is 0 Å². The normalized spacial score (nSPS) is 15.6. The molecule has 1 aliphatic rings. The van der Waals surface area contributed by atoms with Gasteiger partial charge in [0.2, 0.25) is 0 Å². The molecule has 4 nitrogen and oxygen atoms in total. The van der Waals surface area contributed by atoms with E-state index in [1.165, 1.54) is 24.5 Å². The Morgan fingerprint density at radius 2 is 1.70 bits per heavy atom. The first-order chi connectivity index (χ1) is 12.8. The Bertz CT molecular complexity index is 860. The molecule has 1 atom stereocenters. The van der Waals surface area contributed by atoms with E-state index >= 15 is 0 Å². The number of nitrogens with one attached hydrogen (secondary N) is 1. The molecule has 0 saturated carbocycles. The van der Waals surface area contributed by atoms with Crippen molar-refractivity contribution >= 4 is 28.1 Å². The number of hydrogen-bond acceptors (Lipinski definition) is 3. The molecule has 0 aliphatic carbocycles. The predicted octanol–water partition coefficient (Wildman–Crippen LogP) is 4.30. The van der Waals surface area contributed by atoms with Gasteiger partial charge in [0.1, 0.15) is 0 Å². The second-order valence-electron chi connectivity index (χ2n) is 6.36. The van der Waals surface area contributed by atoms with E-state index in [9.17, 15) is 22.2 Å². The van der Waals surface area contributed by atoms with Gasteiger partial charge in [-0.15, -0.1) is 0 Å². The van der Waals surface area contributed by atoms with Crippen LogP contribution in [-0.2, 0) is 17.0 Å². The minimum atomic E-state index is -4.49. The lowest BCUT2D eigenvalue weighted by Gasteiger charge is -2.23. The first kappa shape index (κ1) is 19.4. The molecule has 144 valence electrons. The summed E-state index contributed by atoms with van der Waals surface area (Å²) in [5.74, 6) is -0.511. The maximum atomic E-state index is 13.1. The fourth-order valence-corrected chi connectivity index (χ4v) is 3.56. The van der Waals surface area contributed by atoms with Crippen LogP contribution in [-0.4, -0.2) is 29.5 Å². The molecule has 1 heterocycles. The third-order valence-electron chi connectivity index (χ3n) is 4.47. The molecule has 2 aromatic carbocycles. The molecular weight excluding hydrogens is 377 g/mol. The molecule has 1 N–H and O–H groups in total. The highest BCUT2D eigenvalue weighted by Crippen LogP contribution is 2.36. The standard InChI is InChI=1S/C19H19F3N2O2S/c1-27(26)15-7-4-13(5-8-15)18(25)23-16-12-14(19(20,21)22)6-9-17(16)24-10-2-3-11-24/h4-9,12H,2-3,10-11H2,1H3,(H,23,25). The molecule has 0 aromatic heterocycles. The zero-order chi connectivity index (χ0) is 19.6. The molecule has 8 heteroatoms. The van der Waals surface area contributed by atoms with Gasteiger partial charge in [-0.2, -0.15) is 13.2 Å². The highest BCUT2D eigenvalue weighted by molar-refractivity contribution is 7.84. The van der Waals surface area contributed by atoms with Gasteiger partial charge in [0.05, 0.1) is 16.9 Å². The van der Waals surface area contributed by atoms with Gasteiger partial charge >= 0.3 is 6.18 Å². The fraction of sp³-hybridized carbons (Fsp3) is 0.316. The summed E-state index contributed by atoms with van der Waals surface area (Å²) in [7, 11) is -1.17. The lowest BCUT2D eigenvalue weighted by molar-refractivity contribution is -0.137. The highest BCUT2D eigenvalue weighted by atomic mass is 32.2. The van der Waals surface area contributed by atoms with Crippen molar-refractivity contribution in [2.45, 2.75) is 23.9 Å². The van der Waals surface area contributed by atoms with Crippen LogP contribution in [0.25, 0.3) is 0 Å². The first-order valence-corrected chi connectivity index (χ1v) is 10.0. The van der Waals surface area contributed by atoms with E-state index in [0.29, 0.717) is 10.6 Å². The van der Waals surface area contributed by atoms with Gasteiger partial charge < -0.3 is 10.2 Å². The number of carbonyl (C=O) groups excluding carboxylic acids is 1. The Morgan fingerprint density at radius 3 is 2.26 bits per heavy atom. The Morgan fingerprint density at radius 1 is 1.07 bits per heavy atom. The molecule has 1 unspecified atom stereocenters. The Labute approximate surface area is 157 Å². The third-order valence-corrected chi connectivity index (χ3v) is 5.40. The van der Waals surface area contributed by atoms with Crippen molar-refractivity contribution in [3.63, 3.8) is 0 Å². The molecule has 2 aromatic rings. The van der Waals surface area contributed by atoms with Gasteiger partial charge in [-0.1, -0.05) is 0 Å². The van der Waals surface area contributed by atoms with Crippen LogP contribution in [0.4, 0.5) is 24.5 Å². The molecule has 1 fully saturated rings. The van der Waals surface area contributed by atoms with E-state index in [1.807, 2.05) is 4.90 Å². The maximum Gasteiger partial charge on any atom is 0.416 e. The van der Waals surface area contributed by atoms with Crippen molar-refractivity contribution in [3.05, 3.63) is 53.6 Å². The second kappa shape index (κ2) is 7.72. The van der Waals surface area contributed by atoms with Gasteiger partial charge in [-0.05, 0) is 55.3 Å². The number of nitrogens with zero attached hydrogens (tertiary/aromatic N) is 1. The second-order valence-corrected chi connectivity index (χ2v) is 7.74. The number of anilines is 2. The van der Waals surface area contributed by atoms with Crippen LogP contribution in [0, 0.1) is 0 Å². The van der Waals surface area contributed by atoms with E-state index in [1.54, 1.807) is 12.1 Å². The lowest BCUT2D eigenvalue weighted by Crippen LogP contribution is -2.22. The molecule has 1 amide bonds. The van der Waals surface area contributed by atoms with E-state index in [0.717, 1.165) is 38.1 Å². The Hall–Kier alpha value is -2.35. The smallest absolute Gasteiger partial charge is 0.370 e. The molecule has 1 saturated heterocycles. The number of amides is 1. The molecule has 3 rings (SSSR count). The minimum Gasteiger partial charge on any atom is -0.370 e. The van der Waals surface area contributed by atoms with Gasteiger partial charge in [-0.25, -0.2) is 0 Å². The van der Waals surface area contributed by atoms with E-state index in [-0.39, 0.29) is 11.3 Å². The summed E-state index contributed by atoms with van der Waals surface area (Å²) in [6.45, 7) is 1.48. The number of alkyl halides is 3. The van der Waals surface area contributed by atoms with Crippen molar-refractivity contribution in [3.8, 4) is 0 Å². The molecule has 0 radical (unpaired) electrons. The SMILES string of the molecule is CS(=O)c1ccc(C(=O)Nc2cc(C(F)(F)F)ccc2N2CCCC2)cc1. The van der Waals surface area contributed by atoms with E-state index in [4.69, 9.17) is 0 Å². The Balaban J connectivity index is 1.90. The van der Waals surface area contributed by atoms with Gasteiger partial charge in [0.25, 0.3) is 5.91 Å². The van der Waals surface area contributed by atoms with Crippen molar-refractivity contribution in [2.24, 2.45) is 0 Å². The zero-order valence-corrected chi connectivity index (χ0v) is 15.5. The van der Waals surface area contributed by atoms with E-state index < -0.39 is 28.4 Å². The van der Waals surface area contributed by atoms with E-state index in [2.05, 4.69) is 5.32 Å². The summed E-state index contributed by atoms with van der Waals surface area (Å²) in [6, 6.07) is 9.57. The van der Waals surface area contributed by atoms with Crippen molar-refractivity contribution in [1.82, 2.24) is 0 Å². The molecular formula is C19H19F3N2O2S. The summed E-state index contributed by atoms with van der Waals surface area (Å²) in [6.07, 6.45) is -1.04. The summed E-state index contributed by atoms with van der Waals surface area (Å²) in [5, 5.41) is 2.61. The van der Waals surface area contributed by atoms with Crippen LogP contribution in [0.2, 0.25) is 0 Å². The lowest BCUT2D eigenvalue weighted by atomic mass is 10.1. The number of carbonyl (C=O) groups is 1.